The van der Waals surface area contributed by atoms with E-state index >= 15 is 0 Å². The first-order chi connectivity index (χ1) is 11.7. The number of para-hydroxylation sites is 3. The maximum atomic E-state index is 12.8. The molecule has 0 saturated carbocycles. The van der Waals surface area contributed by atoms with Crippen LogP contribution in [0.2, 0.25) is 0 Å². The predicted octanol–water partition coefficient (Wildman–Crippen LogP) is 2.90. The first kappa shape index (κ1) is 16.3. The van der Waals surface area contributed by atoms with E-state index < -0.39 is 6.04 Å². The number of carbonyl (C=O) groups excluding carboxylic acids is 1. The fourth-order valence-corrected chi connectivity index (χ4v) is 2.97. The highest BCUT2D eigenvalue weighted by Crippen LogP contribution is 2.32. The van der Waals surface area contributed by atoms with E-state index in [0.29, 0.717) is 18.9 Å². The summed E-state index contributed by atoms with van der Waals surface area (Å²) < 4.78 is 11.1. The summed E-state index contributed by atoms with van der Waals surface area (Å²) in [6.07, 6.45) is 1.01. The third-order valence-corrected chi connectivity index (χ3v) is 4.17. The van der Waals surface area contributed by atoms with Gasteiger partial charge in [-0.05, 0) is 24.6 Å². The molecule has 3 rings (SSSR count). The van der Waals surface area contributed by atoms with Crippen molar-refractivity contribution >= 4 is 11.6 Å². The zero-order valence-electron chi connectivity index (χ0n) is 13.8. The minimum Gasteiger partial charge on any atom is -0.496 e. The molecule has 1 atom stereocenters. The van der Waals surface area contributed by atoms with Gasteiger partial charge in [0.1, 0.15) is 11.5 Å². The van der Waals surface area contributed by atoms with Crippen LogP contribution in [0, 0.1) is 0 Å². The second kappa shape index (κ2) is 7.36. The summed E-state index contributed by atoms with van der Waals surface area (Å²) in [6, 6.07) is 14.8. The average molecular weight is 326 g/mol. The molecule has 1 unspecified atom stereocenters. The number of benzene rings is 2. The highest BCUT2D eigenvalue weighted by atomic mass is 16.5. The van der Waals surface area contributed by atoms with E-state index in [1.165, 1.54) is 0 Å². The molecule has 24 heavy (non-hydrogen) atoms. The van der Waals surface area contributed by atoms with Crippen LogP contribution < -0.4 is 20.1 Å². The number of fused-ring (bicyclic) bond motifs is 1. The van der Waals surface area contributed by atoms with Crippen LogP contribution in [-0.4, -0.2) is 26.2 Å². The van der Waals surface area contributed by atoms with Crippen molar-refractivity contribution in [3.63, 3.8) is 0 Å². The molecule has 1 amide bonds. The van der Waals surface area contributed by atoms with Crippen LogP contribution in [0.15, 0.2) is 48.5 Å². The Morgan fingerprint density at radius 2 is 2.00 bits per heavy atom. The molecule has 126 valence electrons. The third kappa shape index (κ3) is 3.36. The molecule has 5 heteroatoms. The Labute approximate surface area is 142 Å². The van der Waals surface area contributed by atoms with Gasteiger partial charge >= 0.3 is 0 Å². The number of nitrogens with two attached hydrogens (primary N) is 1. The highest BCUT2D eigenvalue weighted by molar-refractivity contribution is 5.95. The summed E-state index contributed by atoms with van der Waals surface area (Å²) >= 11 is 0. The van der Waals surface area contributed by atoms with Gasteiger partial charge in [-0.15, -0.1) is 0 Å². The molecule has 1 aliphatic rings. The van der Waals surface area contributed by atoms with Crippen LogP contribution in [0.5, 0.6) is 11.5 Å². The maximum Gasteiger partial charge on any atom is 0.229 e. The van der Waals surface area contributed by atoms with Crippen LogP contribution in [0.4, 0.5) is 5.69 Å². The van der Waals surface area contributed by atoms with Crippen molar-refractivity contribution in [1.82, 2.24) is 0 Å². The van der Waals surface area contributed by atoms with E-state index in [1.54, 1.807) is 12.0 Å². The number of rotatable bonds is 4. The standard InChI is InChI=1S/C19H22N2O3/c1-23-17-9-4-2-7-14(17)15(20)13-19(22)21-11-6-12-24-18-10-5-3-8-16(18)21/h2-5,7-10,15H,6,11-13,20H2,1H3. The molecular weight excluding hydrogens is 304 g/mol. The highest BCUT2D eigenvalue weighted by Gasteiger charge is 2.24. The van der Waals surface area contributed by atoms with Gasteiger partial charge in [0.05, 0.1) is 19.4 Å². The van der Waals surface area contributed by atoms with Gasteiger partial charge in [0.25, 0.3) is 0 Å². The number of anilines is 1. The van der Waals surface area contributed by atoms with Gasteiger partial charge in [0, 0.05) is 24.6 Å². The molecular formula is C19H22N2O3. The van der Waals surface area contributed by atoms with Gasteiger partial charge in [-0.25, -0.2) is 0 Å². The fourth-order valence-electron chi connectivity index (χ4n) is 2.97. The van der Waals surface area contributed by atoms with E-state index in [9.17, 15) is 4.79 Å². The first-order valence-electron chi connectivity index (χ1n) is 8.11. The SMILES string of the molecule is COc1ccccc1C(N)CC(=O)N1CCCOc2ccccc21. The number of ether oxygens (including phenoxy) is 2. The normalized spacial score (nSPS) is 15.0. The second-order valence-electron chi connectivity index (χ2n) is 5.77. The monoisotopic (exact) mass is 326 g/mol. The Bertz CT molecular complexity index is 717. The van der Waals surface area contributed by atoms with E-state index in [-0.39, 0.29) is 12.3 Å². The molecule has 0 radical (unpaired) electrons. The van der Waals surface area contributed by atoms with Crippen molar-refractivity contribution in [2.75, 3.05) is 25.2 Å². The summed E-state index contributed by atoms with van der Waals surface area (Å²) in [7, 11) is 1.61. The van der Waals surface area contributed by atoms with E-state index in [4.69, 9.17) is 15.2 Å². The van der Waals surface area contributed by atoms with Crippen LogP contribution in [0.1, 0.15) is 24.4 Å². The summed E-state index contributed by atoms with van der Waals surface area (Å²) in [5, 5.41) is 0. The van der Waals surface area contributed by atoms with Gasteiger partial charge in [-0.2, -0.15) is 0 Å². The number of hydrogen-bond acceptors (Lipinski definition) is 4. The smallest absolute Gasteiger partial charge is 0.229 e. The van der Waals surface area contributed by atoms with Gasteiger partial charge < -0.3 is 20.1 Å². The molecule has 0 spiro atoms. The molecule has 0 aliphatic carbocycles. The molecule has 2 aromatic carbocycles. The molecule has 1 aliphatic heterocycles. The minimum absolute atomic E-state index is 0.00800. The molecule has 0 fully saturated rings. The predicted molar refractivity (Wildman–Crippen MR) is 93.4 cm³/mol. The number of amides is 1. The summed E-state index contributed by atoms with van der Waals surface area (Å²) in [5.41, 5.74) is 7.93. The first-order valence-corrected chi connectivity index (χ1v) is 8.11. The lowest BCUT2D eigenvalue weighted by Gasteiger charge is -2.24. The number of carbonyl (C=O) groups is 1. The van der Waals surface area contributed by atoms with Crippen molar-refractivity contribution in [2.45, 2.75) is 18.9 Å². The quantitative estimate of drug-likeness (QED) is 0.938. The molecule has 0 saturated heterocycles. The van der Waals surface area contributed by atoms with Crippen LogP contribution in [0.25, 0.3) is 0 Å². The molecule has 1 heterocycles. The second-order valence-corrected chi connectivity index (χ2v) is 5.77. The van der Waals surface area contributed by atoms with Gasteiger partial charge in [0.15, 0.2) is 0 Å². The Hall–Kier alpha value is -2.53. The molecule has 2 N–H and O–H groups in total. The van der Waals surface area contributed by atoms with Crippen molar-refractivity contribution in [3.8, 4) is 11.5 Å². The number of hydrogen-bond donors (Lipinski definition) is 1. The minimum atomic E-state index is -0.412. The van der Waals surface area contributed by atoms with Crippen molar-refractivity contribution in [1.29, 1.82) is 0 Å². The number of nitrogens with zero attached hydrogens (tertiary/aromatic N) is 1. The van der Waals surface area contributed by atoms with Gasteiger partial charge in [0.2, 0.25) is 5.91 Å². The van der Waals surface area contributed by atoms with Crippen molar-refractivity contribution in [3.05, 3.63) is 54.1 Å². The third-order valence-electron chi connectivity index (χ3n) is 4.17. The largest absolute Gasteiger partial charge is 0.496 e. The average Bonchev–Trinajstić information content (AvgIpc) is 2.84. The van der Waals surface area contributed by atoms with Gasteiger partial charge in [-0.1, -0.05) is 30.3 Å². The fraction of sp³-hybridized carbons (Fsp3) is 0.316. The zero-order valence-corrected chi connectivity index (χ0v) is 13.8. The van der Waals surface area contributed by atoms with E-state index in [0.717, 1.165) is 23.4 Å². The molecule has 2 aromatic rings. The van der Waals surface area contributed by atoms with Crippen LogP contribution in [0.3, 0.4) is 0 Å². The Kier molecular flexibility index (Phi) is 5.01. The maximum absolute atomic E-state index is 12.8. The summed E-state index contributed by atoms with van der Waals surface area (Å²) in [4.78, 5) is 14.6. The van der Waals surface area contributed by atoms with Crippen LogP contribution in [-0.2, 0) is 4.79 Å². The lowest BCUT2D eigenvalue weighted by molar-refractivity contribution is -0.119. The Morgan fingerprint density at radius 1 is 1.25 bits per heavy atom. The summed E-state index contributed by atoms with van der Waals surface area (Å²) in [5.74, 6) is 1.44. The Morgan fingerprint density at radius 3 is 2.83 bits per heavy atom. The molecule has 0 bridgehead atoms. The van der Waals surface area contributed by atoms with E-state index in [1.807, 2.05) is 48.5 Å². The Balaban J connectivity index is 1.79. The van der Waals surface area contributed by atoms with Crippen molar-refractivity contribution in [2.24, 2.45) is 5.73 Å². The van der Waals surface area contributed by atoms with E-state index in [2.05, 4.69) is 0 Å². The lowest BCUT2D eigenvalue weighted by Crippen LogP contribution is -2.33. The lowest BCUT2D eigenvalue weighted by atomic mass is 10.0. The molecule has 0 aromatic heterocycles. The van der Waals surface area contributed by atoms with Gasteiger partial charge in [-0.3, -0.25) is 4.79 Å². The molecule has 5 nitrogen and oxygen atoms in total. The topological polar surface area (TPSA) is 64.8 Å². The van der Waals surface area contributed by atoms with Crippen LogP contribution >= 0.6 is 0 Å². The summed E-state index contributed by atoms with van der Waals surface area (Å²) in [6.45, 7) is 1.24. The zero-order chi connectivity index (χ0) is 16.9. The number of methoxy groups -OCH3 is 1. The van der Waals surface area contributed by atoms with Crippen molar-refractivity contribution < 1.29 is 14.3 Å².